The summed E-state index contributed by atoms with van der Waals surface area (Å²) in [7, 11) is 6.90. The Morgan fingerprint density at radius 3 is 2.77 bits per heavy atom. The number of amides is 1. The van der Waals surface area contributed by atoms with Gasteiger partial charge in [-0.2, -0.15) is 0 Å². The van der Waals surface area contributed by atoms with E-state index in [2.05, 4.69) is 42.2 Å². The summed E-state index contributed by atoms with van der Waals surface area (Å²) >= 11 is 0. The average Bonchev–Trinajstić information content (AvgIpc) is 3.24. The van der Waals surface area contributed by atoms with Crippen molar-refractivity contribution in [3.05, 3.63) is 70.8 Å². The number of nitrogens with one attached hydrogen (secondary N) is 1. The molecule has 0 fully saturated rings. The Morgan fingerprint density at radius 1 is 1.26 bits per heavy atom. The van der Waals surface area contributed by atoms with E-state index in [1.807, 2.05) is 11.8 Å². The summed E-state index contributed by atoms with van der Waals surface area (Å²) in [5.74, 6) is -0.553. The number of likely N-dealkylation sites (N-methyl/N-ethyl adjacent to an activating group) is 1. The molecule has 3 atom stereocenters. The number of fused-ring (bicyclic) bond motifs is 3. The van der Waals surface area contributed by atoms with Crippen molar-refractivity contribution in [1.82, 2.24) is 14.8 Å². The lowest BCUT2D eigenvalue weighted by atomic mass is 9.85. The van der Waals surface area contributed by atoms with Crippen LogP contribution in [0.2, 0.25) is 0 Å². The maximum Gasteiger partial charge on any atom is 0.270 e. The fourth-order valence-corrected chi connectivity index (χ4v) is 5.47. The van der Waals surface area contributed by atoms with Gasteiger partial charge in [0.25, 0.3) is 5.91 Å². The SMILES string of the molecule is C=C1c2cc(C)c(P)cc2C2=C(COCC2N(C)C(=O)c2cc3cc(F)c(P)cc3[nH]2)N1CCO. The number of carbonyl (C=O) groups is 1. The summed E-state index contributed by atoms with van der Waals surface area (Å²) in [5.41, 5.74) is 6.93. The number of nitrogens with zero attached hydrogens (tertiary/aromatic N) is 2. The highest BCUT2D eigenvalue weighted by atomic mass is 31.0. The van der Waals surface area contributed by atoms with E-state index in [1.54, 1.807) is 24.1 Å². The molecular formula is C26H28FN3O3P2. The minimum atomic E-state index is -0.355. The molecule has 5 rings (SSSR count). The Bertz CT molecular complexity index is 1380. The molecule has 0 saturated carbocycles. The molecule has 35 heavy (non-hydrogen) atoms. The van der Waals surface area contributed by atoms with Gasteiger partial charge in [-0.05, 0) is 53.7 Å². The molecule has 0 aliphatic carbocycles. The van der Waals surface area contributed by atoms with Crippen LogP contribution in [0.15, 0.2) is 42.6 Å². The van der Waals surface area contributed by atoms with Crippen LogP contribution in [0.1, 0.15) is 27.2 Å². The Hall–Kier alpha value is -2.56. The number of benzene rings is 2. The molecule has 2 aliphatic heterocycles. The number of aryl methyl sites for hydroxylation is 1. The second-order valence-corrected chi connectivity index (χ2v) is 10.3. The highest BCUT2D eigenvalue weighted by Gasteiger charge is 2.38. The molecule has 2 aromatic carbocycles. The first kappa shape index (κ1) is 24.1. The van der Waals surface area contributed by atoms with Gasteiger partial charge in [0.2, 0.25) is 0 Å². The van der Waals surface area contributed by atoms with Crippen molar-refractivity contribution in [1.29, 1.82) is 0 Å². The number of halogens is 1. The first-order chi connectivity index (χ1) is 16.7. The van der Waals surface area contributed by atoms with Gasteiger partial charge < -0.3 is 24.6 Å². The van der Waals surface area contributed by atoms with Gasteiger partial charge in [0, 0.05) is 46.6 Å². The minimum absolute atomic E-state index is 0.0331. The van der Waals surface area contributed by atoms with Crippen LogP contribution in [0.25, 0.3) is 22.2 Å². The van der Waals surface area contributed by atoms with Crippen molar-refractivity contribution in [3.63, 3.8) is 0 Å². The number of β-amino-alcohol motifs (C(OH)–C–C–N with tert-alkyl or cyclic N) is 1. The number of rotatable bonds is 4. The lowest BCUT2D eigenvalue weighted by molar-refractivity contribution is 0.0561. The summed E-state index contributed by atoms with van der Waals surface area (Å²) in [6, 6.07) is 8.65. The van der Waals surface area contributed by atoms with Crippen molar-refractivity contribution >= 4 is 57.2 Å². The highest BCUT2D eigenvalue weighted by molar-refractivity contribution is 7.27. The van der Waals surface area contributed by atoms with Crippen LogP contribution in [0.4, 0.5) is 4.39 Å². The predicted molar refractivity (Wildman–Crippen MR) is 145 cm³/mol. The Morgan fingerprint density at radius 2 is 2.03 bits per heavy atom. The first-order valence-electron chi connectivity index (χ1n) is 11.3. The summed E-state index contributed by atoms with van der Waals surface area (Å²) in [6.07, 6.45) is 0. The minimum Gasteiger partial charge on any atom is -0.395 e. The lowest BCUT2D eigenvalue weighted by Gasteiger charge is -2.43. The lowest BCUT2D eigenvalue weighted by Crippen LogP contribution is -2.47. The fraction of sp³-hybridized carbons (Fsp3) is 0.269. The zero-order valence-corrected chi connectivity index (χ0v) is 22.0. The second-order valence-electron chi connectivity index (χ2n) is 9.03. The number of carbonyl (C=O) groups excluding carboxylic acids is 1. The molecule has 3 unspecified atom stereocenters. The third-order valence-electron chi connectivity index (χ3n) is 6.90. The number of aromatic amines is 1. The third-order valence-corrected chi connectivity index (χ3v) is 7.96. The smallest absolute Gasteiger partial charge is 0.270 e. The van der Waals surface area contributed by atoms with E-state index in [4.69, 9.17) is 4.74 Å². The fourth-order valence-electron chi connectivity index (χ4n) is 4.97. The van der Waals surface area contributed by atoms with Crippen molar-refractivity contribution < 1.29 is 19.0 Å². The molecule has 1 amide bonds. The molecule has 9 heteroatoms. The third kappa shape index (κ3) is 4.01. The van der Waals surface area contributed by atoms with Gasteiger partial charge in [-0.15, -0.1) is 18.5 Å². The molecule has 0 spiro atoms. The number of H-pyrrole nitrogens is 1. The maximum atomic E-state index is 14.0. The van der Waals surface area contributed by atoms with Gasteiger partial charge in [0.1, 0.15) is 11.5 Å². The van der Waals surface area contributed by atoms with Crippen LogP contribution >= 0.6 is 18.5 Å². The number of hydrogen-bond acceptors (Lipinski definition) is 4. The van der Waals surface area contributed by atoms with Crippen LogP contribution in [-0.2, 0) is 4.74 Å². The zero-order valence-electron chi connectivity index (χ0n) is 19.7. The number of ether oxygens (including phenoxy) is 1. The van der Waals surface area contributed by atoms with Crippen molar-refractivity contribution in [3.8, 4) is 0 Å². The van der Waals surface area contributed by atoms with Crippen molar-refractivity contribution in [2.45, 2.75) is 13.0 Å². The molecule has 2 N–H and O–H groups in total. The van der Waals surface area contributed by atoms with Crippen LogP contribution < -0.4 is 10.6 Å². The molecular weight excluding hydrogens is 483 g/mol. The second kappa shape index (κ2) is 9.15. The number of aliphatic hydroxyl groups excluding tert-OH is 1. The van der Waals surface area contributed by atoms with E-state index < -0.39 is 0 Å². The van der Waals surface area contributed by atoms with Gasteiger partial charge in [-0.25, -0.2) is 4.39 Å². The average molecular weight is 511 g/mol. The molecule has 3 heterocycles. The Balaban J connectivity index is 1.59. The molecule has 0 saturated heterocycles. The van der Waals surface area contributed by atoms with Crippen LogP contribution in [0.3, 0.4) is 0 Å². The summed E-state index contributed by atoms with van der Waals surface area (Å²) in [6.45, 7) is 7.42. The highest BCUT2D eigenvalue weighted by Crippen LogP contribution is 2.42. The molecule has 0 radical (unpaired) electrons. The number of aromatic nitrogens is 1. The maximum absolute atomic E-state index is 14.0. The van der Waals surface area contributed by atoms with E-state index in [9.17, 15) is 14.3 Å². The Labute approximate surface area is 208 Å². The first-order valence-corrected chi connectivity index (χ1v) is 12.5. The van der Waals surface area contributed by atoms with E-state index in [1.165, 1.54) is 6.07 Å². The van der Waals surface area contributed by atoms with Crippen molar-refractivity contribution in [2.24, 2.45) is 0 Å². The largest absolute Gasteiger partial charge is 0.395 e. The van der Waals surface area contributed by atoms with Gasteiger partial charge in [-0.1, -0.05) is 6.58 Å². The van der Waals surface area contributed by atoms with E-state index in [0.717, 1.165) is 39.0 Å². The molecule has 1 aromatic heterocycles. The molecule has 3 aromatic rings. The predicted octanol–water partition coefficient (Wildman–Crippen LogP) is 2.78. The van der Waals surface area contributed by atoms with E-state index in [0.29, 0.717) is 41.7 Å². The summed E-state index contributed by atoms with van der Waals surface area (Å²) in [4.78, 5) is 20.4. The summed E-state index contributed by atoms with van der Waals surface area (Å²) in [5, 5.41) is 11.9. The number of aliphatic hydroxyl groups is 1. The topological polar surface area (TPSA) is 68.8 Å². The normalized spacial score (nSPS) is 17.6. The van der Waals surface area contributed by atoms with Crippen LogP contribution in [0, 0.1) is 12.7 Å². The number of hydrogen-bond donors (Lipinski definition) is 2. The van der Waals surface area contributed by atoms with Gasteiger partial charge >= 0.3 is 0 Å². The van der Waals surface area contributed by atoms with Crippen LogP contribution in [-0.4, -0.2) is 65.3 Å². The summed E-state index contributed by atoms with van der Waals surface area (Å²) < 4.78 is 20.0. The molecule has 2 aliphatic rings. The van der Waals surface area contributed by atoms with Gasteiger partial charge in [-0.3, -0.25) is 4.79 Å². The monoisotopic (exact) mass is 511 g/mol. The molecule has 6 nitrogen and oxygen atoms in total. The Kier molecular flexibility index (Phi) is 6.31. The van der Waals surface area contributed by atoms with Crippen LogP contribution in [0.5, 0.6) is 0 Å². The van der Waals surface area contributed by atoms with E-state index in [-0.39, 0.29) is 24.4 Å². The standard InChI is InChI=1S/C26H28FN3O3P2/c1-13-6-16-14(2)30(4-5-31)22-12-33-11-21(25(22)17(16)9-23(13)34)29(3)26(32)20-8-15-7-18(27)24(35)10-19(15)28-20/h6-10,21,28,31H,2,4-5,11-12,34-35H2,1,3H3. The van der Waals surface area contributed by atoms with Gasteiger partial charge in [0.05, 0.1) is 31.6 Å². The quantitative estimate of drug-likeness (QED) is 0.529. The van der Waals surface area contributed by atoms with Crippen molar-refractivity contribution in [2.75, 3.05) is 33.4 Å². The molecule has 182 valence electrons. The van der Waals surface area contributed by atoms with E-state index >= 15 is 0 Å². The molecule has 0 bridgehead atoms. The zero-order chi connectivity index (χ0) is 25.0. The van der Waals surface area contributed by atoms with Gasteiger partial charge in [0.15, 0.2) is 0 Å².